The summed E-state index contributed by atoms with van der Waals surface area (Å²) in [6.45, 7) is -0.315. The van der Waals surface area contributed by atoms with E-state index in [0.717, 1.165) is 12.8 Å². The first-order valence-corrected chi connectivity index (χ1v) is 5.85. The summed E-state index contributed by atoms with van der Waals surface area (Å²) in [6.07, 6.45) is 1.84. The Hall–Kier alpha value is -1.65. The van der Waals surface area contributed by atoms with Gasteiger partial charge in [0.25, 0.3) is 5.91 Å². The lowest BCUT2D eigenvalue weighted by Gasteiger charge is -2.18. The number of alkyl halides is 2. The third-order valence-corrected chi connectivity index (χ3v) is 2.53. The zero-order chi connectivity index (χ0) is 13.5. The number of nitrogens with zero attached hydrogens (tertiary/aromatic N) is 1. The second-order valence-electron chi connectivity index (χ2n) is 3.95. The fourth-order valence-electron chi connectivity index (χ4n) is 1.54. The molecule has 0 atom stereocenters. The fourth-order valence-corrected chi connectivity index (χ4v) is 1.54. The summed E-state index contributed by atoms with van der Waals surface area (Å²) in [5.74, 6) is -0.388. The Morgan fingerprint density at radius 3 is 2.67 bits per heavy atom. The topological polar surface area (TPSA) is 29.5 Å². The molecule has 0 bridgehead atoms. The highest BCUT2D eigenvalue weighted by Gasteiger charge is 2.18. The van der Waals surface area contributed by atoms with E-state index in [-0.39, 0.29) is 17.2 Å². The first-order valence-electron chi connectivity index (χ1n) is 5.85. The zero-order valence-corrected chi connectivity index (χ0v) is 10.5. The molecule has 0 saturated carbocycles. The normalized spacial score (nSPS) is 10.5. The molecular formula is C13H17F2NO2. The number of hydrogen-bond donors (Lipinski definition) is 0. The Bertz CT molecular complexity index is 396. The summed E-state index contributed by atoms with van der Waals surface area (Å²) in [4.78, 5) is 13.6. The van der Waals surface area contributed by atoms with Gasteiger partial charge in [-0.05, 0) is 18.6 Å². The van der Waals surface area contributed by atoms with E-state index >= 15 is 0 Å². The summed E-state index contributed by atoms with van der Waals surface area (Å²) in [6, 6.07) is 6.04. The molecule has 1 aromatic carbocycles. The number of para-hydroxylation sites is 1. The van der Waals surface area contributed by atoms with Gasteiger partial charge < -0.3 is 9.64 Å². The summed E-state index contributed by atoms with van der Waals surface area (Å²) >= 11 is 0. The fraction of sp³-hybridized carbons (Fsp3) is 0.462. The molecule has 1 rings (SSSR count). The minimum atomic E-state index is -2.93. The van der Waals surface area contributed by atoms with Crippen LogP contribution >= 0.6 is 0 Å². The molecule has 1 amide bonds. The molecule has 0 N–H and O–H groups in total. The highest BCUT2D eigenvalue weighted by atomic mass is 19.3. The molecule has 0 aliphatic carbocycles. The van der Waals surface area contributed by atoms with Crippen molar-refractivity contribution in [2.45, 2.75) is 26.4 Å². The standard InChI is InChI=1S/C13H17F2NO2/c1-3-4-9-16(2)12(17)10-7-5-6-8-11(10)18-13(14)15/h5-8,13H,3-4,9H2,1-2H3. The van der Waals surface area contributed by atoms with Gasteiger partial charge >= 0.3 is 6.61 Å². The van der Waals surface area contributed by atoms with Gasteiger partial charge in [-0.3, -0.25) is 4.79 Å². The van der Waals surface area contributed by atoms with Crippen LogP contribution in [-0.4, -0.2) is 31.0 Å². The molecule has 3 nitrogen and oxygen atoms in total. The molecule has 0 fully saturated rings. The van der Waals surface area contributed by atoms with E-state index in [9.17, 15) is 13.6 Å². The maximum absolute atomic E-state index is 12.2. The van der Waals surface area contributed by atoms with Crippen LogP contribution in [0.2, 0.25) is 0 Å². The molecule has 0 aromatic heterocycles. The van der Waals surface area contributed by atoms with Crippen LogP contribution in [-0.2, 0) is 0 Å². The van der Waals surface area contributed by atoms with E-state index in [0.29, 0.717) is 6.54 Å². The van der Waals surface area contributed by atoms with Crippen molar-refractivity contribution in [3.8, 4) is 5.75 Å². The molecule has 5 heteroatoms. The number of benzene rings is 1. The van der Waals surface area contributed by atoms with Gasteiger partial charge in [-0.15, -0.1) is 0 Å². The third-order valence-electron chi connectivity index (χ3n) is 2.53. The van der Waals surface area contributed by atoms with E-state index in [4.69, 9.17) is 0 Å². The molecule has 0 aliphatic heterocycles. The second kappa shape index (κ2) is 6.93. The molecule has 18 heavy (non-hydrogen) atoms. The number of ether oxygens (including phenoxy) is 1. The van der Waals surface area contributed by atoms with E-state index in [1.807, 2.05) is 6.92 Å². The van der Waals surface area contributed by atoms with E-state index in [1.54, 1.807) is 19.2 Å². The van der Waals surface area contributed by atoms with Gasteiger partial charge in [-0.25, -0.2) is 0 Å². The largest absolute Gasteiger partial charge is 0.434 e. The number of carbonyl (C=O) groups excluding carboxylic acids is 1. The summed E-state index contributed by atoms with van der Waals surface area (Å²) in [5.41, 5.74) is 0.163. The molecule has 0 aliphatic rings. The number of hydrogen-bond acceptors (Lipinski definition) is 2. The SMILES string of the molecule is CCCCN(C)C(=O)c1ccccc1OC(F)F. The molecule has 0 unspecified atom stereocenters. The Morgan fingerprint density at radius 2 is 2.06 bits per heavy atom. The van der Waals surface area contributed by atoms with Gasteiger partial charge in [0.15, 0.2) is 0 Å². The van der Waals surface area contributed by atoms with Crippen molar-refractivity contribution in [2.75, 3.05) is 13.6 Å². The first kappa shape index (κ1) is 14.4. The van der Waals surface area contributed by atoms with Gasteiger partial charge in [-0.2, -0.15) is 8.78 Å². The van der Waals surface area contributed by atoms with Crippen LogP contribution in [0.25, 0.3) is 0 Å². The second-order valence-corrected chi connectivity index (χ2v) is 3.95. The maximum atomic E-state index is 12.2. The van der Waals surface area contributed by atoms with Crippen LogP contribution in [0, 0.1) is 0 Å². The smallest absolute Gasteiger partial charge is 0.387 e. The van der Waals surface area contributed by atoms with Crippen molar-refractivity contribution in [1.29, 1.82) is 0 Å². The third kappa shape index (κ3) is 3.98. The van der Waals surface area contributed by atoms with Crippen molar-refractivity contribution >= 4 is 5.91 Å². The van der Waals surface area contributed by atoms with Crippen LogP contribution in [0.5, 0.6) is 5.75 Å². The van der Waals surface area contributed by atoms with Crippen LogP contribution in [0.4, 0.5) is 8.78 Å². The summed E-state index contributed by atoms with van der Waals surface area (Å²) in [5, 5.41) is 0. The van der Waals surface area contributed by atoms with Crippen LogP contribution in [0.1, 0.15) is 30.1 Å². The lowest BCUT2D eigenvalue weighted by atomic mass is 10.1. The van der Waals surface area contributed by atoms with Crippen molar-refractivity contribution in [3.63, 3.8) is 0 Å². The molecule has 1 aromatic rings. The van der Waals surface area contributed by atoms with E-state index in [1.165, 1.54) is 17.0 Å². The summed E-state index contributed by atoms with van der Waals surface area (Å²) in [7, 11) is 1.65. The highest BCUT2D eigenvalue weighted by Crippen LogP contribution is 2.21. The maximum Gasteiger partial charge on any atom is 0.387 e. The predicted octanol–water partition coefficient (Wildman–Crippen LogP) is 3.16. The predicted molar refractivity (Wildman–Crippen MR) is 64.9 cm³/mol. The Morgan fingerprint density at radius 1 is 1.39 bits per heavy atom. The lowest BCUT2D eigenvalue weighted by Crippen LogP contribution is -2.28. The zero-order valence-electron chi connectivity index (χ0n) is 10.5. The summed E-state index contributed by atoms with van der Waals surface area (Å²) < 4.78 is 28.8. The molecule has 0 heterocycles. The van der Waals surface area contributed by atoms with Crippen molar-refractivity contribution in [1.82, 2.24) is 4.90 Å². The molecule has 100 valence electrons. The van der Waals surface area contributed by atoms with Gasteiger partial charge in [0.2, 0.25) is 0 Å². The van der Waals surface area contributed by atoms with Crippen molar-refractivity contribution in [2.24, 2.45) is 0 Å². The number of unbranched alkanes of at least 4 members (excludes halogenated alkanes) is 1. The minimum Gasteiger partial charge on any atom is -0.434 e. The molecule has 0 spiro atoms. The minimum absolute atomic E-state index is 0.0825. The van der Waals surface area contributed by atoms with Crippen LogP contribution < -0.4 is 4.74 Å². The van der Waals surface area contributed by atoms with Crippen LogP contribution in [0.3, 0.4) is 0 Å². The molecule has 0 radical (unpaired) electrons. The van der Waals surface area contributed by atoms with Gasteiger partial charge in [-0.1, -0.05) is 25.5 Å². The van der Waals surface area contributed by atoms with E-state index in [2.05, 4.69) is 4.74 Å². The Balaban J connectivity index is 2.84. The average molecular weight is 257 g/mol. The lowest BCUT2D eigenvalue weighted by molar-refractivity contribution is -0.0502. The van der Waals surface area contributed by atoms with Crippen LogP contribution in [0.15, 0.2) is 24.3 Å². The van der Waals surface area contributed by atoms with Gasteiger partial charge in [0, 0.05) is 13.6 Å². The molecular weight excluding hydrogens is 240 g/mol. The number of amides is 1. The molecule has 0 saturated heterocycles. The van der Waals surface area contributed by atoms with Crippen molar-refractivity contribution < 1.29 is 18.3 Å². The Kier molecular flexibility index (Phi) is 5.55. The van der Waals surface area contributed by atoms with Crippen molar-refractivity contribution in [3.05, 3.63) is 29.8 Å². The first-order chi connectivity index (χ1) is 8.56. The number of rotatable bonds is 6. The Labute approximate surface area is 105 Å². The highest BCUT2D eigenvalue weighted by molar-refractivity contribution is 5.96. The monoisotopic (exact) mass is 257 g/mol. The number of halogens is 2. The van der Waals surface area contributed by atoms with E-state index < -0.39 is 6.61 Å². The van der Waals surface area contributed by atoms with Gasteiger partial charge in [0.1, 0.15) is 5.75 Å². The average Bonchev–Trinajstić information content (AvgIpc) is 2.35. The quantitative estimate of drug-likeness (QED) is 0.783. The van der Waals surface area contributed by atoms with Gasteiger partial charge in [0.05, 0.1) is 5.56 Å². The number of carbonyl (C=O) groups is 1.